The first kappa shape index (κ1) is 15.2. The molecular formula is C13H26N2O. The highest BCUT2D eigenvalue weighted by Crippen LogP contribution is 2.24. The SMILES string of the molecule is CC(C)(C)C(N)=CC(=NCCO)C(C)(C)C. The fraction of sp³-hybridized carbons (Fsp3) is 0.769. The topological polar surface area (TPSA) is 58.6 Å². The van der Waals surface area contributed by atoms with Crippen molar-refractivity contribution < 1.29 is 5.11 Å². The number of aliphatic hydroxyl groups is 1. The minimum Gasteiger partial charge on any atom is -0.402 e. The summed E-state index contributed by atoms with van der Waals surface area (Å²) in [5.41, 5.74) is 7.69. The van der Waals surface area contributed by atoms with Gasteiger partial charge in [-0.3, -0.25) is 4.99 Å². The molecule has 3 heteroatoms. The fourth-order valence-electron chi connectivity index (χ4n) is 1.03. The van der Waals surface area contributed by atoms with E-state index in [1.807, 2.05) is 6.08 Å². The van der Waals surface area contributed by atoms with E-state index >= 15 is 0 Å². The van der Waals surface area contributed by atoms with Gasteiger partial charge >= 0.3 is 0 Å². The van der Waals surface area contributed by atoms with Crippen molar-refractivity contribution in [3.63, 3.8) is 0 Å². The molecule has 0 saturated carbocycles. The summed E-state index contributed by atoms with van der Waals surface area (Å²) in [5.74, 6) is 0. The molecule has 0 fully saturated rings. The van der Waals surface area contributed by atoms with Gasteiger partial charge in [-0.2, -0.15) is 0 Å². The van der Waals surface area contributed by atoms with Crippen molar-refractivity contribution >= 4 is 5.71 Å². The average Bonchev–Trinajstić information content (AvgIpc) is 2.08. The molecule has 0 aliphatic rings. The lowest BCUT2D eigenvalue weighted by Crippen LogP contribution is -2.24. The first-order valence-corrected chi connectivity index (χ1v) is 5.72. The van der Waals surface area contributed by atoms with Crippen LogP contribution in [0, 0.1) is 10.8 Å². The molecule has 0 aromatic rings. The Labute approximate surface area is 99.5 Å². The molecule has 3 nitrogen and oxygen atoms in total. The monoisotopic (exact) mass is 226 g/mol. The molecule has 0 spiro atoms. The van der Waals surface area contributed by atoms with Crippen LogP contribution >= 0.6 is 0 Å². The van der Waals surface area contributed by atoms with Gasteiger partial charge in [-0.1, -0.05) is 41.5 Å². The number of hydrogen-bond acceptors (Lipinski definition) is 3. The Balaban J connectivity index is 5.10. The lowest BCUT2D eigenvalue weighted by molar-refractivity contribution is 0.306. The minimum atomic E-state index is -0.0506. The van der Waals surface area contributed by atoms with E-state index in [1.54, 1.807) is 0 Å². The van der Waals surface area contributed by atoms with Crippen LogP contribution in [0.15, 0.2) is 16.8 Å². The van der Waals surface area contributed by atoms with E-state index in [0.29, 0.717) is 6.54 Å². The number of allylic oxidation sites excluding steroid dienone is 2. The number of nitrogens with two attached hydrogens (primary N) is 1. The molecule has 0 aliphatic heterocycles. The number of aliphatic hydroxyl groups excluding tert-OH is 1. The smallest absolute Gasteiger partial charge is 0.0627 e. The molecule has 0 aliphatic carbocycles. The number of nitrogens with zero attached hydrogens (tertiary/aromatic N) is 1. The van der Waals surface area contributed by atoms with E-state index in [1.165, 1.54) is 0 Å². The number of hydrogen-bond donors (Lipinski definition) is 2. The molecular weight excluding hydrogens is 200 g/mol. The highest BCUT2D eigenvalue weighted by atomic mass is 16.3. The Hall–Kier alpha value is -0.830. The van der Waals surface area contributed by atoms with Gasteiger partial charge in [0, 0.05) is 22.2 Å². The summed E-state index contributed by atoms with van der Waals surface area (Å²) in [5, 5.41) is 8.82. The maximum Gasteiger partial charge on any atom is 0.0627 e. The fourth-order valence-corrected chi connectivity index (χ4v) is 1.03. The van der Waals surface area contributed by atoms with Gasteiger partial charge in [-0.05, 0) is 6.08 Å². The molecule has 0 aromatic carbocycles. The zero-order valence-corrected chi connectivity index (χ0v) is 11.5. The van der Waals surface area contributed by atoms with Crippen LogP contribution in [0.2, 0.25) is 0 Å². The van der Waals surface area contributed by atoms with Gasteiger partial charge in [-0.15, -0.1) is 0 Å². The Morgan fingerprint density at radius 3 is 1.94 bits per heavy atom. The van der Waals surface area contributed by atoms with Gasteiger partial charge in [0.15, 0.2) is 0 Å². The average molecular weight is 226 g/mol. The summed E-state index contributed by atoms with van der Waals surface area (Å²) in [6, 6.07) is 0. The highest BCUT2D eigenvalue weighted by molar-refractivity contribution is 5.99. The minimum absolute atomic E-state index is 0.0504. The zero-order chi connectivity index (χ0) is 13.0. The Bertz CT molecular complexity index is 277. The molecule has 0 heterocycles. The van der Waals surface area contributed by atoms with Gasteiger partial charge < -0.3 is 10.8 Å². The van der Waals surface area contributed by atoms with Crippen molar-refractivity contribution in [1.29, 1.82) is 0 Å². The summed E-state index contributed by atoms with van der Waals surface area (Å²) >= 11 is 0. The van der Waals surface area contributed by atoms with Crippen molar-refractivity contribution in [3.8, 4) is 0 Å². The van der Waals surface area contributed by atoms with Crippen molar-refractivity contribution in [2.24, 2.45) is 21.6 Å². The van der Waals surface area contributed by atoms with Crippen LogP contribution in [0.4, 0.5) is 0 Å². The standard InChI is InChI=1S/C13H26N2O/c1-12(2,3)10(14)9-11(13(4,5)6)15-7-8-16/h9,16H,7-8,14H2,1-6H3. The van der Waals surface area contributed by atoms with Gasteiger partial charge in [0.1, 0.15) is 0 Å². The molecule has 0 bridgehead atoms. The maximum absolute atomic E-state index is 8.82. The van der Waals surface area contributed by atoms with Crippen LogP contribution in [0.5, 0.6) is 0 Å². The normalized spacial score (nSPS) is 15.4. The largest absolute Gasteiger partial charge is 0.402 e. The second kappa shape index (κ2) is 5.48. The molecule has 0 radical (unpaired) electrons. The van der Waals surface area contributed by atoms with Crippen molar-refractivity contribution in [3.05, 3.63) is 11.8 Å². The van der Waals surface area contributed by atoms with Gasteiger partial charge in [0.05, 0.1) is 13.2 Å². The summed E-state index contributed by atoms with van der Waals surface area (Å²) in [6.45, 7) is 13.0. The van der Waals surface area contributed by atoms with E-state index < -0.39 is 0 Å². The third kappa shape index (κ3) is 5.31. The van der Waals surface area contributed by atoms with Crippen LogP contribution in [0.1, 0.15) is 41.5 Å². The first-order chi connectivity index (χ1) is 7.09. The lowest BCUT2D eigenvalue weighted by Gasteiger charge is -2.24. The van der Waals surface area contributed by atoms with E-state index in [9.17, 15) is 0 Å². The van der Waals surface area contributed by atoms with Crippen LogP contribution in [0.25, 0.3) is 0 Å². The molecule has 3 N–H and O–H groups in total. The maximum atomic E-state index is 8.82. The molecule has 0 saturated heterocycles. The Kier molecular flexibility index (Phi) is 5.20. The van der Waals surface area contributed by atoms with Crippen LogP contribution in [0.3, 0.4) is 0 Å². The first-order valence-electron chi connectivity index (χ1n) is 5.72. The highest BCUT2D eigenvalue weighted by Gasteiger charge is 2.20. The molecule has 0 amide bonds. The van der Waals surface area contributed by atoms with Crippen LogP contribution in [-0.4, -0.2) is 24.0 Å². The third-order valence-corrected chi connectivity index (χ3v) is 2.31. The van der Waals surface area contributed by atoms with Crippen molar-refractivity contribution in [2.45, 2.75) is 41.5 Å². The Morgan fingerprint density at radius 2 is 1.62 bits per heavy atom. The second-order valence-corrected chi connectivity index (χ2v) is 6.09. The summed E-state index contributed by atoms with van der Waals surface area (Å²) in [4.78, 5) is 4.38. The van der Waals surface area contributed by atoms with Gasteiger partial charge in [0.25, 0.3) is 0 Å². The summed E-state index contributed by atoms with van der Waals surface area (Å²) in [7, 11) is 0. The third-order valence-electron chi connectivity index (χ3n) is 2.31. The van der Waals surface area contributed by atoms with E-state index in [4.69, 9.17) is 10.8 Å². The van der Waals surface area contributed by atoms with Crippen LogP contribution in [-0.2, 0) is 0 Å². The molecule has 0 rings (SSSR count). The van der Waals surface area contributed by atoms with Crippen molar-refractivity contribution in [2.75, 3.05) is 13.2 Å². The van der Waals surface area contributed by atoms with E-state index in [2.05, 4.69) is 46.5 Å². The molecule has 0 unspecified atom stereocenters. The summed E-state index contributed by atoms with van der Waals surface area (Å²) in [6.07, 6.45) is 1.94. The number of rotatable bonds is 3. The van der Waals surface area contributed by atoms with Gasteiger partial charge in [-0.25, -0.2) is 0 Å². The molecule has 0 atom stereocenters. The summed E-state index contributed by atoms with van der Waals surface area (Å²) < 4.78 is 0. The molecule has 0 aromatic heterocycles. The van der Waals surface area contributed by atoms with E-state index in [-0.39, 0.29) is 17.4 Å². The molecule has 94 valence electrons. The quantitative estimate of drug-likeness (QED) is 0.726. The second-order valence-electron chi connectivity index (χ2n) is 6.09. The van der Waals surface area contributed by atoms with Crippen LogP contribution < -0.4 is 5.73 Å². The predicted octanol–water partition coefficient (Wildman–Crippen LogP) is 2.35. The zero-order valence-electron chi connectivity index (χ0n) is 11.5. The number of aliphatic imine (C=N–C) groups is 1. The Morgan fingerprint density at radius 1 is 1.12 bits per heavy atom. The lowest BCUT2D eigenvalue weighted by atomic mass is 9.85. The van der Waals surface area contributed by atoms with E-state index in [0.717, 1.165) is 11.4 Å². The van der Waals surface area contributed by atoms with Gasteiger partial charge in [0.2, 0.25) is 0 Å². The van der Waals surface area contributed by atoms with Crippen molar-refractivity contribution in [1.82, 2.24) is 0 Å². The molecule has 16 heavy (non-hydrogen) atoms. The predicted molar refractivity (Wildman–Crippen MR) is 70.6 cm³/mol.